The van der Waals surface area contributed by atoms with Gasteiger partial charge in [-0.2, -0.15) is 0 Å². The second-order valence-electron chi connectivity index (χ2n) is 3.48. The second-order valence-corrected chi connectivity index (χ2v) is 3.48. The Morgan fingerprint density at radius 3 is 2.67 bits per heavy atom. The molecule has 1 rings (SSSR count). The van der Waals surface area contributed by atoms with Gasteiger partial charge in [-0.3, -0.25) is 9.69 Å². The van der Waals surface area contributed by atoms with Crippen LogP contribution in [0.2, 0.25) is 0 Å². The third kappa shape index (κ3) is 1.84. The highest BCUT2D eigenvalue weighted by Gasteiger charge is 2.32. The second kappa shape index (κ2) is 4.01. The number of likely N-dealkylation sites (N-methyl/N-ethyl adjacent to an activating group) is 1. The van der Waals surface area contributed by atoms with Crippen molar-refractivity contribution >= 4 is 5.78 Å². The predicted octanol–water partition coefficient (Wildman–Crippen LogP) is 0.685. The van der Waals surface area contributed by atoms with Crippen LogP contribution in [-0.4, -0.2) is 43.5 Å². The van der Waals surface area contributed by atoms with Crippen molar-refractivity contribution in [1.82, 2.24) is 4.90 Å². The average Bonchev–Trinajstić information content (AvgIpc) is 2.34. The molecule has 0 aliphatic carbocycles. The van der Waals surface area contributed by atoms with Crippen molar-refractivity contribution in [3.63, 3.8) is 0 Å². The molecule has 0 aromatic carbocycles. The van der Waals surface area contributed by atoms with E-state index >= 15 is 0 Å². The maximum absolute atomic E-state index is 11.1. The first-order valence-electron chi connectivity index (χ1n) is 4.38. The molecule has 0 N–H and O–H groups in total. The number of likely N-dealkylation sites (tertiary alicyclic amines) is 1. The van der Waals surface area contributed by atoms with Gasteiger partial charge in [0.2, 0.25) is 0 Å². The molecule has 1 heterocycles. The molecule has 0 aromatic heterocycles. The van der Waals surface area contributed by atoms with Crippen LogP contribution in [0.3, 0.4) is 0 Å². The summed E-state index contributed by atoms with van der Waals surface area (Å²) in [7, 11) is 3.71. The van der Waals surface area contributed by atoms with Crippen molar-refractivity contribution in [2.24, 2.45) is 0 Å². The summed E-state index contributed by atoms with van der Waals surface area (Å²) in [4.78, 5) is 13.3. The van der Waals surface area contributed by atoms with Gasteiger partial charge >= 0.3 is 0 Å². The molecule has 1 fully saturated rings. The van der Waals surface area contributed by atoms with Crippen LogP contribution >= 0.6 is 0 Å². The summed E-state index contributed by atoms with van der Waals surface area (Å²) in [5, 5.41) is 0. The molecular weight excluding hydrogens is 154 g/mol. The summed E-state index contributed by atoms with van der Waals surface area (Å²) in [5.74, 6) is 0.274. The average molecular weight is 171 g/mol. The third-order valence-corrected chi connectivity index (χ3v) is 2.67. The van der Waals surface area contributed by atoms with E-state index in [9.17, 15) is 4.79 Å². The number of ether oxygens (including phenoxy) is 1. The monoisotopic (exact) mass is 171 g/mol. The van der Waals surface area contributed by atoms with Gasteiger partial charge in [-0.15, -0.1) is 0 Å². The molecule has 3 heteroatoms. The van der Waals surface area contributed by atoms with Crippen molar-refractivity contribution in [2.45, 2.75) is 31.8 Å². The molecule has 0 unspecified atom stereocenters. The van der Waals surface area contributed by atoms with Gasteiger partial charge in [0.05, 0.1) is 12.6 Å². The van der Waals surface area contributed by atoms with Gasteiger partial charge in [0.15, 0.2) is 0 Å². The fourth-order valence-corrected chi connectivity index (χ4v) is 1.90. The lowest BCUT2D eigenvalue weighted by Gasteiger charge is -2.23. The summed E-state index contributed by atoms with van der Waals surface area (Å²) in [6, 6.07) is 0.564. The van der Waals surface area contributed by atoms with Crippen LogP contribution < -0.4 is 0 Å². The van der Waals surface area contributed by atoms with Gasteiger partial charge < -0.3 is 4.74 Å². The number of ketones is 1. The number of hydrogen-bond acceptors (Lipinski definition) is 3. The van der Waals surface area contributed by atoms with Gasteiger partial charge in [-0.05, 0) is 26.8 Å². The van der Waals surface area contributed by atoms with Crippen LogP contribution in [0, 0.1) is 0 Å². The zero-order chi connectivity index (χ0) is 9.14. The lowest BCUT2D eigenvalue weighted by Crippen LogP contribution is -2.38. The lowest BCUT2D eigenvalue weighted by molar-refractivity contribution is -0.121. The Hall–Kier alpha value is -0.410. The number of hydrogen-bond donors (Lipinski definition) is 0. The number of nitrogens with zero attached hydrogens (tertiary/aromatic N) is 1. The van der Waals surface area contributed by atoms with Gasteiger partial charge in [-0.25, -0.2) is 0 Å². The number of carbonyl (C=O) groups excluding carboxylic acids is 1. The molecule has 3 nitrogen and oxygen atoms in total. The quantitative estimate of drug-likeness (QED) is 0.625. The van der Waals surface area contributed by atoms with E-state index in [0.29, 0.717) is 6.04 Å². The topological polar surface area (TPSA) is 29.5 Å². The summed E-state index contributed by atoms with van der Waals surface area (Å²) < 4.78 is 5.07. The maximum atomic E-state index is 11.1. The van der Waals surface area contributed by atoms with Crippen LogP contribution in [0.25, 0.3) is 0 Å². The summed E-state index contributed by atoms with van der Waals surface area (Å²) in [5.41, 5.74) is 0. The number of carbonyl (C=O) groups is 1. The minimum Gasteiger partial charge on any atom is -0.383 e. The van der Waals surface area contributed by atoms with Gasteiger partial charge in [0.1, 0.15) is 5.78 Å². The highest BCUT2D eigenvalue weighted by Crippen LogP contribution is 2.22. The third-order valence-electron chi connectivity index (χ3n) is 2.67. The molecule has 1 aliphatic rings. The Kier molecular flexibility index (Phi) is 3.23. The van der Waals surface area contributed by atoms with Crippen molar-refractivity contribution in [3.05, 3.63) is 0 Å². The van der Waals surface area contributed by atoms with Crippen molar-refractivity contribution in [1.29, 1.82) is 0 Å². The molecule has 12 heavy (non-hydrogen) atoms. The predicted molar refractivity (Wildman–Crippen MR) is 47.1 cm³/mol. The smallest absolute Gasteiger partial charge is 0.146 e. The zero-order valence-corrected chi connectivity index (χ0v) is 8.04. The fraction of sp³-hybridized carbons (Fsp3) is 0.889. The van der Waals surface area contributed by atoms with E-state index in [1.807, 2.05) is 7.05 Å². The first kappa shape index (κ1) is 9.68. The Labute approximate surface area is 73.7 Å². The van der Waals surface area contributed by atoms with Crippen molar-refractivity contribution < 1.29 is 9.53 Å². The molecule has 0 saturated carbocycles. The molecule has 0 amide bonds. The maximum Gasteiger partial charge on any atom is 0.146 e. The highest BCUT2D eigenvalue weighted by molar-refractivity contribution is 5.81. The molecule has 0 radical (unpaired) electrons. The minimum atomic E-state index is 0.130. The number of methoxy groups -OCH3 is 1. The van der Waals surface area contributed by atoms with E-state index in [0.717, 1.165) is 19.4 Å². The van der Waals surface area contributed by atoms with E-state index < -0.39 is 0 Å². The molecule has 2 atom stereocenters. The lowest BCUT2D eigenvalue weighted by atomic mass is 10.1. The number of Topliss-reactive ketones (excluding diaryl/α,β-unsaturated/α-hetero) is 1. The molecule has 0 aromatic rings. The van der Waals surface area contributed by atoms with Crippen LogP contribution in [0.5, 0.6) is 0 Å². The van der Waals surface area contributed by atoms with E-state index in [2.05, 4.69) is 4.90 Å². The van der Waals surface area contributed by atoms with Gasteiger partial charge in [0.25, 0.3) is 0 Å². The fourth-order valence-electron chi connectivity index (χ4n) is 1.90. The first-order chi connectivity index (χ1) is 5.66. The first-order valence-corrected chi connectivity index (χ1v) is 4.38. The normalized spacial score (nSPS) is 30.9. The van der Waals surface area contributed by atoms with Crippen LogP contribution in [0.1, 0.15) is 19.8 Å². The molecule has 0 spiro atoms. The number of rotatable bonds is 3. The van der Waals surface area contributed by atoms with E-state index in [1.165, 1.54) is 0 Å². The Bertz CT molecular complexity index is 170. The van der Waals surface area contributed by atoms with E-state index in [-0.39, 0.29) is 11.8 Å². The summed E-state index contributed by atoms with van der Waals surface area (Å²) in [6.45, 7) is 2.40. The van der Waals surface area contributed by atoms with E-state index in [1.54, 1.807) is 14.0 Å². The van der Waals surface area contributed by atoms with Crippen LogP contribution in [0.4, 0.5) is 0 Å². The molecule has 1 saturated heterocycles. The molecule has 1 aliphatic heterocycles. The van der Waals surface area contributed by atoms with Gasteiger partial charge in [0, 0.05) is 13.2 Å². The summed E-state index contributed by atoms with van der Waals surface area (Å²) in [6.07, 6.45) is 2.06. The van der Waals surface area contributed by atoms with Crippen molar-refractivity contribution in [3.8, 4) is 0 Å². The van der Waals surface area contributed by atoms with Gasteiger partial charge in [-0.1, -0.05) is 0 Å². The highest BCUT2D eigenvalue weighted by atomic mass is 16.5. The molecule has 70 valence electrons. The zero-order valence-electron chi connectivity index (χ0n) is 8.04. The van der Waals surface area contributed by atoms with Crippen LogP contribution in [0.15, 0.2) is 0 Å². The van der Waals surface area contributed by atoms with E-state index in [4.69, 9.17) is 4.74 Å². The molecular formula is C9H17NO2. The Morgan fingerprint density at radius 2 is 2.25 bits per heavy atom. The standard InChI is InChI=1S/C9H17NO2/c1-7(11)9-5-4-8(6-12-3)10(9)2/h8-9H,4-6H2,1-3H3/t8-,9+/m1/s1. The Balaban J connectivity index is 2.48. The Morgan fingerprint density at radius 1 is 1.58 bits per heavy atom. The van der Waals surface area contributed by atoms with Crippen LogP contribution in [-0.2, 0) is 9.53 Å². The summed E-state index contributed by atoms with van der Waals surface area (Å²) >= 11 is 0. The molecule has 0 bridgehead atoms. The SMILES string of the molecule is COC[C@H]1CC[C@@H](C(C)=O)N1C. The minimum absolute atomic E-state index is 0.130. The largest absolute Gasteiger partial charge is 0.383 e. The van der Waals surface area contributed by atoms with Crippen molar-refractivity contribution in [2.75, 3.05) is 20.8 Å².